The fraction of sp³-hybridized carbons (Fsp3) is 0.333. The van der Waals surface area contributed by atoms with E-state index < -0.39 is 17.2 Å². The van der Waals surface area contributed by atoms with E-state index in [4.69, 9.17) is 5.73 Å². The summed E-state index contributed by atoms with van der Waals surface area (Å²) in [6.07, 6.45) is 0. The quantitative estimate of drug-likeness (QED) is 0.803. The van der Waals surface area contributed by atoms with Crippen LogP contribution in [0.2, 0.25) is 0 Å². The van der Waals surface area contributed by atoms with E-state index in [9.17, 15) is 13.9 Å². The van der Waals surface area contributed by atoms with Crippen LogP contribution in [-0.4, -0.2) is 11.7 Å². The second-order valence-electron chi connectivity index (χ2n) is 3.22. The molecule has 1 aromatic carbocycles. The van der Waals surface area contributed by atoms with E-state index >= 15 is 0 Å². The fourth-order valence-electron chi connectivity index (χ4n) is 1.05. The van der Waals surface area contributed by atoms with E-state index in [0.29, 0.717) is 4.47 Å². The Kier molecular flexibility index (Phi) is 3.24. The van der Waals surface area contributed by atoms with Gasteiger partial charge in [0.2, 0.25) is 0 Å². The van der Waals surface area contributed by atoms with Crippen LogP contribution in [0.1, 0.15) is 12.5 Å². The average molecular weight is 266 g/mol. The summed E-state index contributed by atoms with van der Waals surface area (Å²) in [4.78, 5) is 0. The normalized spacial score (nSPS) is 15.3. The first-order valence-corrected chi connectivity index (χ1v) is 4.75. The Balaban J connectivity index is 3.29. The molecule has 2 nitrogen and oxygen atoms in total. The van der Waals surface area contributed by atoms with Gasteiger partial charge in [0.15, 0.2) is 11.6 Å². The number of aliphatic hydroxyl groups is 1. The van der Waals surface area contributed by atoms with Gasteiger partial charge in [0.05, 0.1) is 0 Å². The molecule has 14 heavy (non-hydrogen) atoms. The van der Waals surface area contributed by atoms with Gasteiger partial charge < -0.3 is 10.8 Å². The summed E-state index contributed by atoms with van der Waals surface area (Å²) in [5.41, 5.74) is 4.18. The molecule has 5 heteroatoms. The van der Waals surface area contributed by atoms with Crippen molar-refractivity contribution in [2.75, 3.05) is 6.54 Å². The van der Waals surface area contributed by atoms with Gasteiger partial charge in [-0.3, -0.25) is 0 Å². The molecule has 3 N–H and O–H groups in total. The molecule has 1 unspecified atom stereocenters. The molecule has 0 aliphatic rings. The predicted octanol–water partition coefficient (Wildman–Crippen LogP) is 1.89. The van der Waals surface area contributed by atoms with Crippen molar-refractivity contribution < 1.29 is 13.9 Å². The first-order chi connectivity index (χ1) is 6.38. The highest BCUT2D eigenvalue weighted by atomic mass is 79.9. The molecule has 0 bridgehead atoms. The molecule has 0 aliphatic heterocycles. The summed E-state index contributed by atoms with van der Waals surface area (Å²) < 4.78 is 25.9. The lowest BCUT2D eigenvalue weighted by Crippen LogP contribution is -2.31. The Labute approximate surface area is 88.9 Å². The van der Waals surface area contributed by atoms with Gasteiger partial charge in [0, 0.05) is 16.6 Å². The second kappa shape index (κ2) is 3.92. The minimum Gasteiger partial charge on any atom is -0.384 e. The lowest BCUT2D eigenvalue weighted by Gasteiger charge is -2.23. The Bertz CT molecular complexity index is 355. The highest BCUT2D eigenvalue weighted by molar-refractivity contribution is 9.10. The van der Waals surface area contributed by atoms with Crippen molar-refractivity contribution in [3.05, 3.63) is 33.8 Å². The van der Waals surface area contributed by atoms with Gasteiger partial charge in [-0.15, -0.1) is 0 Å². The number of nitrogens with two attached hydrogens (primary N) is 1. The molecule has 0 aliphatic carbocycles. The number of hydrogen-bond donors (Lipinski definition) is 2. The summed E-state index contributed by atoms with van der Waals surface area (Å²) in [6, 6.07) is 1.90. The van der Waals surface area contributed by atoms with E-state index in [0.717, 1.165) is 12.1 Å². The molecular formula is C9H10BrF2NO. The maximum absolute atomic E-state index is 12.9. The Morgan fingerprint density at radius 1 is 1.43 bits per heavy atom. The first-order valence-electron chi connectivity index (χ1n) is 3.96. The number of benzene rings is 1. The van der Waals surface area contributed by atoms with E-state index in [1.807, 2.05) is 0 Å². The topological polar surface area (TPSA) is 46.2 Å². The number of hydrogen-bond acceptors (Lipinski definition) is 2. The standard InChI is InChI=1S/C9H10BrF2NO/c1-9(14,4-13)5-2-7(11)8(12)3-6(5)10/h2-3,14H,4,13H2,1H3. The molecule has 1 rings (SSSR count). The molecule has 0 aromatic heterocycles. The minimum absolute atomic E-state index is 0.0727. The highest BCUT2D eigenvalue weighted by Crippen LogP contribution is 2.29. The van der Waals surface area contributed by atoms with E-state index in [1.165, 1.54) is 6.92 Å². The molecule has 0 heterocycles. The lowest BCUT2D eigenvalue weighted by atomic mass is 9.96. The Hall–Kier alpha value is -0.520. The molecule has 1 atom stereocenters. The lowest BCUT2D eigenvalue weighted by molar-refractivity contribution is 0.0656. The molecule has 1 aromatic rings. The van der Waals surface area contributed by atoms with Crippen LogP contribution in [0.3, 0.4) is 0 Å². The third kappa shape index (κ3) is 2.10. The smallest absolute Gasteiger partial charge is 0.159 e. The van der Waals surface area contributed by atoms with Gasteiger partial charge in [0.25, 0.3) is 0 Å². The Morgan fingerprint density at radius 3 is 2.43 bits per heavy atom. The zero-order chi connectivity index (χ0) is 10.9. The van der Waals surface area contributed by atoms with E-state index in [2.05, 4.69) is 15.9 Å². The molecule has 0 spiro atoms. The first kappa shape index (κ1) is 11.6. The molecule has 0 saturated carbocycles. The van der Waals surface area contributed by atoms with Gasteiger partial charge >= 0.3 is 0 Å². The van der Waals surface area contributed by atoms with Crippen LogP contribution in [0.4, 0.5) is 8.78 Å². The third-order valence-corrected chi connectivity index (χ3v) is 2.64. The van der Waals surface area contributed by atoms with Crippen molar-refractivity contribution in [2.24, 2.45) is 5.73 Å². The zero-order valence-electron chi connectivity index (χ0n) is 7.52. The summed E-state index contributed by atoms with van der Waals surface area (Å²) in [6.45, 7) is 1.36. The summed E-state index contributed by atoms with van der Waals surface area (Å²) in [7, 11) is 0. The summed E-state index contributed by atoms with van der Waals surface area (Å²) >= 11 is 3.04. The average Bonchev–Trinajstić information content (AvgIpc) is 2.11. The van der Waals surface area contributed by atoms with Crippen LogP contribution in [0.25, 0.3) is 0 Å². The van der Waals surface area contributed by atoms with Gasteiger partial charge in [0.1, 0.15) is 5.60 Å². The van der Waals surface area contributed by atoms with Crippen molar-refractivity contribution in [3.8, 4) is 0 Å². The molecular weight excluding hydrogens is 256 g/mol. The maximum Gasteiger partial charge on any atom is 0.159 e. The van der Waals surface area contributed by atoms with E-state index in [-0.39, 0.29) is 12.1 Å². The van der Waals surface area contributed by atoms with Crippen LogP contribution in [0.5, 0.6) is 0 Å². The molecule has 78 valence electrons. The largest absolute Gasteiger partial charge is 0.384 e. The van der Waals surface area contributed by atoms with Crippen molar-refractivity contribution >= 4 is 15.9 Å². The van der Waals surface area contributed by atoms with Crippen LogP contribution >= 0.6 is 15.9 Å². The fourth-order valence-corrected chi connectivity index (χ4v) is 1.79. The minimum atomic E-state index is -1.37. The van der Waals surface area contributed by atoms with Crippen molar-refractivity contribution in [1.29, 1.82) is 0 Å². The predicted molar refractivity (Wildman–Crippen MR) is 52.7 cm³/mol. The summed E-state index contributed by atoms with van der Waals surface area (Å²) in [5.74, 6) is -1.97. The summed E-state index contributed by atoms with van der Waals surface area (Å²) in [5, 5.41) is 9.75. The van der Waals surface area contributed by atoms with Crippen molar-refractivity contribution in [3.63, 3.8) is 0 Å². The van der Waals surface area contributed by atoms with Gasteiger partial charge in [-0.25, -0.2) is 8.78 Å². The third-order valence-electron chi connectivity index (χ3n) is 1.99. The van der Waals surface area contributed by atoms with Crippen molar-refractivity contribution in [1.82, 2.24) is 0 Å². The Morgan fingerprint density at radius 2 is 1.93 bits per heavy atom. The second-order valence-corrected chi connectivity index (χ2v) is 4.08. The van der Waals surface area contributed by atoms with Gasteiger partial charge in [-0.1, -0.05) is 15.9 Å². The van der Waals surface area contributed by atoms with Crippen LogP contribution in [-0.2, 0) is 5.60 Å². The molecule has 0 fully saturated rings. The highest BCUT2D eigenvalue weighted by Gasteiger charge is 2.25. The van der Waals surface area contributed by atoms with Crippen LogP contribution in [0.15, 0.2) is 16.6 Å². The van der Waals surface area contributed by atoms with Gasteiger partial charge in [-0.2, -0.15) is 0 Å². The van der Waals surface area contributed by atoms with Crippen molar-refractivity contribution in [2.45, 2.75) is 12.5 Å². The number of rotatable bonds is 2. The molecule has 0 radical (unpaired) electrons. The monoisotopic (exact) mass is 265 g/mol. The van der Waals surface area contributed by atoms with Crippen LogP contribution in [0, 0.1) is 11.6 Å². The maximum atomic E-state index is 12.9. The zero-order valence-corrected chi connectivity index (χ0v) is 9.11. The van der Waals surface area contributed by atoms with Gasteiger partial charge in [-0.05, 0) is 19.1 Å². The van der Waals surface area contributed by atoms with E-state index in [1.54, 1.807) is 0 Å². The van der Waals surface area contributed by atoms with Crippen LogP contribution < -0.4 is 5.73 Å². The molecule has 0 saturated heterocycles. The molecule has 0 amide bonds. The SMILES string of the molecule is CC(O)(CN)c1cc(F)c(F)cc1Br. The number of halogens is 3.